The molecule has 158 valence electrons. The number of piperidine rings is 1. The fourth-order valence-corrected chi connectivity index (χ4v) is 4.36. The minimum atomic E-state index is -0.762. The van der Waals surface area contributed by atoms with Crippen LogP contribution in [-0.4, -0.2) is 34.8 Å². The molecule has 0 bridgehead atoms. The van der Waals surface area contributed by atoms with Gasteiger partial charge in [-0.15, -0.1) is 0 Å². The molecule has 1 aliphatic rings. The van der Waals surface area contributed by atoms with Gasteiger partial charge in [0, 0.05) is 25.5 Å². The molecule has 5 heteroatoms. The molecule has 1 atom stereocenters. The first-order valence-corrected chi connectivity index (χ1v) is 10.6. The molecule has 2 aromatic carbocycles. The van der Waals surface area contributed by atoms with Gasteiger partial charge in [-0.25, -0.2) is 0 Å². The van der Waals surface area contributed by atoms with Gasteiger partial charge in [-0.2, -0.15) is 0 Å². The average Bonchev–Trinajstić information content (AvgIpc) is 2.80. The van der Waals surface area contributed by atoms with Crippen LogP contribution in [0.4, 0.5) is 0 Å². The van der Waals surface area contributed by atoms with Gasteiger partial charge in [0.15, 0.2) is 0 Å². The highest BCUT2D eigenvalue weighted by Gasteiger charge is 2.42. The molecule has 1 aromatic heterocycles. The summed E-state index contributed by atoms with van der Waals surface area (Å²) in [5.74, 6) is -0.452. The Balaban J connectivity index is 1.53. The Morgan fingerprint density at radius 2 is 1.71 bits per heavy atom. The van der Waals surface area contributed by atoms with Crippen LogP contribution in [0.15, 0.2) is 73.1 Å². The van der Waals surface area contributed by atoms with E-state index in [1.54, 1.807) is 29.4 Å². The van der Waals surface area contributed by atoms with Crippen LogP contribution < -0.4 is 5.73 Å². The molecule has 1 aliphatic heterocycles. The van der Waals surface area contributed by atoms with E-state index in [2.05, 4.69) is 60.4 Å². The maximum Gasteiger partial charge on any atom is 0.255 e. The predicted octanol–water partition coefficient (Wildman–Crippen LogP) is 4.01. The smallest absolute Gasteiger partial charge is 0.255 e. The minimum Gasteiger partial charge on any atom is -0.369 e. The van der Waals surface area contributed by atoms with Crippen molar-refractivity contribution in [3.63, 3.8) is 0 Å². The second-order valence-corrected chi connectivity index (χ2v) is 8.46. The summed E-state index contributed by atoms with van der Waals surface area (Å²) in [7, 11) is 0. The standard InChI is InChI=1S/C26H27N3O2/c1-19-5-9-21(10-6-19)22-11-7-20(8-12-22)16-26(25(27)31)13-3-15-29(18-26)24(30)23-4-2-14-28-17-23/h2,4-12,14,17H,3,13,15-16,18H2,1H3,(H2,27,31)/t26-/m1/s1. The normalized spacial score (nSPS) is 18.5. The van der Waals surface area contributed by atoms with Crippen LogP contribution in [0.25, 0.3) is 11.1 Å². The van der Waals surface area contributed by atoms with Gasteiger partial charge < -0.3 is 10.6 Å². The summed E-state index contributed by atoms with van der Waals surface area (Å²) in [6.07, 6.45) is 5.15. The van der Waals surface area contributed by atoms with Crippen molar-refractivity contribution in [3.8, 4) is 11.1 Å². The number of aromatic nitrogens is 1. The van der Waals surface area contributed by atoms with Gasteiger partial charge >= 0.3 is 0 Å². The van der Waals surface area contributed by atoms with E-state index in [0.717, 1.165) is 23.1 Å². The van der Waals surface area contributed by atoms with E-state index in [1.165, 1.54) is 5.56 Å². The van der Waals surface area contributed by atoms with Crippen molar-refractivity contribution in [2.45, 2.75) is 26.2 Å². The van der Waals surface area contributed by atoms with Crippen molar-refractivity contribution in [2.75, 3.05) is 13.1 Å². The summed E-state index contributed by atoms with van der Waals surface area (Å²) in [4.78, 5) is 31.3. The lowest BCUT2D eigenvalue weighted by atomic mass is 9.74. The number of pyridine rings is 1. The molecular formula is C26H27N3O2. The number of likely N-dealkylation sites (tertiary alicyclic amines) is 1. The molecule has 0 aliphatic carbocycles. The molecule has 3 aromatic rings. The highest BCUT2D eigenvalue weighted by atomic mass is 16.2. The van der Waals surface area contributed by atoms with Crippen LogP contribution in [0.1, 0.15) is 34.3 Å². The Labute approximate surface area is 182 Å². The number of carbonyl (C=O) groups excluding carboxylic acids is 2. The van der Waals surface area contributed by atoms with Gasteiger partial charge in [0.2, 0.25) is 5.91 Å². The van der Waals surface area contributed by atoms with E-state index in [1.807, 2.05) is 0 Å². The fourth-order valence-electron chi connectivity index (χ4n) is 4.36. The number of nitrogens with zero attached hydrogens (tertiary/aromatic N) is 2. The largest absolute Gasteiger partial charge is 0.369 e. The van der Waals surface area contributed by atoms with Crippen molar-refractivity contribution >= 4 is 11.8 Å². The van der Waals surface area contributed by atoms with Gasteiger partial charge in [-0.05, 0) is 55.0 Å². The maximum atomic E-state index is 12.9. The van der Waals surface area contributed by atoms with Crippen LogP contribution in [-0.2, 0) is 11.2 Å². The Morgan fingerprint density at radius 1 is 1.03 bits per heavy atom. The lowest BCUT2D eigenvalue weighted by molar-refractivity contribution is -0.130. The van der Waals surface area contributed by atoms with Crippen molar-refractivity contribution in [1.82, 2.24) is 9.88 Å². The predicted molar refractivity (Wildman–Crippen MR) is 121 cm³/mol. The van der Waals surface area contributed by atoms with Gasteiger partial charge in [-0.1, -0.05) is 54.1 Å². The Bertz CT molecular complexity index is 1060. The van der Waals surface area contributed by atoms with Crippen molar-refractivity contribution in [2.24, 2.45) is 11.1 Å². The summed E-state index contributed by atoms with van der Waals surface area (Å²) in [5, 5.41) is 0. The van der Waals surface area contributed by atoms with Gasteiger partial charge in [0.25, 0.3) is 5.91 Å². The molecule has 0 spiro atoms. The van der Waals surface area contributed by atoms with Crippen molar-refractivity contribution in [3.05, 3.63) is 89.7 Å². The first-order chi connectivity index (χ1) is 15.0. The number of hydrogen-bond donors (Lipinski definition) is 1. The summed E-state index contributed by atoms with van der Waals surface area (Å²) < 4.78 is 0. The quantitative estimate of drug-likeness (QED) is 0.687. The zero-order valence-corrected chi connectivity index (χ0v) is 17.8. The molecule has 2 N–H and O–H groups in total. The Morgan fingerprint density at radius 3 is 2.32 bits per heavy atom. The third-order valence-corrected chi connectivity index (χ3v) is 6.18. The van der Waals surface area contributed by atoms with E-state index >= 15 is 0 Å². The molecule has 4 rings (SSSR count). The van der Waals surface area contributed by atoms with Crippen molar-refractivity contribution < 1.29 is 9.59 Å². The highest BCUT2D eigenvalue weighted by molar-refractivity contribution is 5.94. The average molecular weight is 414 g/mol. The van der Waals surface area contributed by atoms with E-state index in [0.29, 0.717) is 31.5 Å². The lowest BCUT2D eigenvalue weighted by Gasteiger charge is -2.41. The zero-order valence-electron chi connectivity index (χ0n) is 17.8. The summed E-state index contributed by atoms with van der Waals surface area (Å²) in [6.45, 7) is 3.02. The molecule has 0 saturated carbocycles. The lowest BCUT2D eigenvalue weighted by Crippen LogP contribution is -2.53. The molecular weight excluding hydrogens is 386 g/mol. The maximum absolute atomic E-state index is 12.9. The zero-order chi connectivity index (χ0) is 21.8. The van der Waals surface area contributed by atoms with Crippen LogP contribution in [0.3, 0.4) is 0 Å². The second-order valence-electron chi connectivity index (χ2n) is 8.46. The fraction of sp³-hybridized carbons (Fsp3) is 0.269. The van der Waals surface area contributed by atoms with E-state index in [4.69, 9.17) is 5.73 Å². The van der Waals surface area contributed by atoms with Gasteiger partial charge in [-0.3, -0.25) is 14.6 Å². The van der Waals surface area contributed by atoms with E-state index in [-0.39, 0.29) is 11.8 Å². The van der Waals surface area contributed by atoms with E-state index < -0.39 is 5.41 Å². The summed E-state index contributed by atoms with van der Waals surface area (Å²) in [6, 6.07) is 20.2. The molecule has 1 saturated heterocycles. The van der Waals surface area contributed by atoms with E-state index in [9.17, 15) is 9.59 Å². The van der Waals surface area contributed by atoms with Crippen LogP contribution in [0.2, 0.25) is 0 Å². The third kappa shape index (κ3) is 4.50. The van der Waals surface area contributed by atoms with Crippen LogP contribution in [0, 0.1) is 12.3 Å². The van der Waals surface area contributed by atoms with Crippen LogP contribution >= 0.6 is 0 Å². The molecule has 2 heterocycles. The number of hydrogen-bond acceptors (Lipinski definition) is 3. The first kappa shape index (κ1) is 20.8. The minimum absolute atomic E-state index is 0.104. The number of nitrogens with two attached hydrogens (primary N) is 1. The molecule has 0 radical (unpaired) electrons. The third-order valence-electron chi connectivity index (χ3n) is 6.18. The summed E-state index contributed by atoms with van der Waals surface area (Å²) >= 11 is 0. The number of carbonyl (C=O) groups is 2. The topological polar surface area (TPSA) is 76.3 Å². The summed E-state index contributed by atoms with van der Waals surface area (Å²) in [5.41, 5.74) is 10.2. The Hall–Kier alpha value is -3.47. The molecule has 31 heavy (non-hydrogen) atoms. The molecule has 5 nitrogen and oxygen atoms in total. The monoisotopic (exact) mass is 413 g/mol. The number of amides is 2. The van der Waals surface area contributed by atoms with Gasteiger partial charge in [0.1, 0.15) is 0 Å². The number of aryl methyl sites for hydroxylation is 1. The Kier molecular flexibility index (Phi) is 5.85. The molecule has 1 fully saturated rings. The van der Waals surface area contributed by atoms with Crippen LogP contribution in [0.5, 0.6) is 0 Å². The number of rotatable bonds is 5. The number of primary amides is 1. The molecule has 2 amide bonds. The van der Waals surface area contributed by atoms with Gasteiger partial charge in [0.05, 0.1) is 11.0 Å². The van der Waals surface area contributed by atoms with Crippen molar-refractivity contribution in [1.29, 1.82) is 0 Å². The molecule has 0 unspecified atom stereocenters. The SMILES string of the molecule is Cc1ccc(-c2ccc(C[C@]3(C(N)=O)CCCN(C(=O)c4cccnc4)C3)cc2)cc1. The second kappa shape index (κ2) is 8.72. The first-order valence-electron chi connectivity index (χ1n) is 10.6. The highest BCUT2D eigenvalue weighted by Crippen LogP contribution is 2.35. The number of benzene rings is 2.